The molecular weight excluding hydrogens is 208 g/mol. The molecule has 0 aromatic rings. The van der Waals surface area contributed by atoms with Gasteiger partial charge in [-0.2, -0.15) is 0 Å². The highest BCUT2D eigenvalue weighted by atomic mass is 16.1. The van der Waals surface area contributed by atoms with E-state index in [2.05, 4.69) is 13.5 Å². The Kier molecular flexibility index (Phi) is 13.0. The highest BCUT2D eigenvalue weighted by Gasteiger charge is 1.95. The van der Waals surface area contributed by atoms with E-state index >= 15 is 0 Å². The number of rotatable bonds is 13. The molecule has 0 aromatic carbocycles. The molecular formula is C16H29O. The van der Waals surface area contributed by atoms with Crippen LogP contribution in [0.5, 0.6) is 0 Å². The molecule has 0 saturated carbocycles. The first-order chi connectivity index (χ1) is 8.31. The fourth-order valence-electron chi connectivity index (χ4n) is 2.05. The molecule has 1 radical (unpaired) electrons. The van der Waals surface area contributed by atoms with E-state index in [-0.39, 0.29) is 0 Å². The summed E-state index contributed by atoms with van der Waals surface area (Å²) in [6.07, 6.45) is 17.5. The molecule has 0 heterocycles. The van der Waals surface area contributed by atoms with Crippen LogP contribution in [-0.2, 0) is 4.79 Å². The zero-order chi connectivity index (χ0) is 12.8. The molecule has 0 spiro atoms. The Morgan fingerprint density at radius 3 is 1.65 bits per heavy atom. The molecule has 17 heavy (non-hydrogen) atoms. The van der Waals surface area contributed by atoms with Crippen molar-refractivity contribution in [2.24, 2.45) is 0 Å². The van der Waals surface area contributed by atoms with Crippen molar-refractivity contribution in [2.75, 3.05) is 0 Å². The summed E-state index contributed by atoms with van der Waals surface area (Å²) in [5, 5.41) is 0. The van der Waals surface area contributed by atoms with Crippen LogP contribution in [0.4, 0.5) is 0 Å². The van der Waals surface area contributed by atoms with Gasteiger partial charge in [-0.25, -0.2) is 0 Å². The van der Waals surface area contributed by atoms with Crippen LogP contribution in [-0.4, -0.2) is 6.29 Å². The Bertz CT molecular complexity index is 184. The summed E-state index contributed by atoms with van der Waals surface area (Å²) in [7, 11) is 0. The molecule has 1 nitrogen and oxygen atoms in total. The van der Waals surface area contributed by atoms with Gasteiger partial charge in [0.15, 0.2) is 0 Å². The summed E-state index contributed by atoms with van der Waals surface area (Å²) >= 11 is 0. The Balaban J connectivity index is 2.98. The van der Waals surface area contributed by atoms with Crippen LogP contribution in [0.15, 0.2) is 12.2 Å². The normalized spacial score (nSPS) is 10.4. The van der Waals surface area contributed by atoms with E-state index in [9.17, 15) is 4.79 Å². The molecule has 0 aliphatic carbocycles. The number of hydrogen-bond donors (Lipinski definition) is 0. The molecule has 0 fully saturated rings. The molecule has 0 aliphatic rings. The van der Waals surface area contributed by atoms with Gasteiger partial charge in [-0.05, 0) is 18.4 Å². The minimum Gasteiger partial charge on any atom is -0.285 e. The van der Waals surface area contributed by atoms with Crippen molar-refractivity contribution in [1.82, 2.24) is 0 Å². The molecule has 0 unspecified atom stereocenters. The maximum absolute atomic E-state index is 10.2. The molecule has 0 rings (SSSR count). The molecule has 0 aromatic heterocycles. The first-order valence-corrected chi connectivity index (χ1v) is 7.37. The summed E-state index contributed by atoms with van der Waals surface area (Å²) in [5.74, 6) is 0. The van der Waals surface area contributed by atoms with Crippen molar-refractivity contribution in [3.05, 3.63) is 12.2 Å². The molecule has 99 valence electrons. The Morgan fingerprint density at radius 1 is 0.824 bits per heavy atom. The van der Waals surface area contributed by atoms with Crippen molar-refractivity contribution < 1.29 is 4.79 Å². The van der Waals surface area contributed by atoms with E-state index in [0.717, 1.165) is 12.8 Å². The zero-order valence-electron chi connectivity index (χ0n) is 11.6. The van der Waals surface area contributed by atoms with Crippen LogP contribution in [0.2, 0.25) is 0 Å². The van der Waals surface area contributed by atoms with Crippen molar-refractivity contribution in [2.45, 2.75) is 84.0 Å². The summed E-state index contributed by atoms with van der Waals surface area (Å²) in [6.45, 7) is 5.89. The van der Waals surface area contributed by atoms with Crippen molar-refractivity contribution in [1.29, 1.82) is 0 Å². The second-order valence-electron chi connectivity index (χ2n) is 4.99. The Morgan fingerprint density at radius 2 is 1.24 bits per heavy atom. The predicted molar refractivity (Wildman–Crippen MR) is 75.9 cm³/mol. The fraction of sp³-hybridized carbons (Fsp3) is 0.812. The number of allylic oxidation sites excluding steroid dienone is 1. The predicted octanol–water partition coefficient (Wildman–Crippen LogP) is 5.35. The van der Waals surface area contributed by atoms with E-state index in [1.807, 2.05) is 6.29 Å². The van der Waals surface area contributed by atoms with Crippen molar-refractivity contribution in [3.63, 3.8) is 0 Å². The topological polar surface area (TPSA) is 17.1 Å². The lowest BCUT2D eigenvalue weighted by atomic mass is 10.0. The quantitative estimate of drug-likeness (QED) is 0.311. The van der Waals surface area contributed by atoms with Gasteiger partial charge < -0.3 is 0 Å². The van der Waals surface area contributed by atoms with Gasteiger partial charge in [0, 0.05) is 0 Å². The first kappa shape index (κ1) is 16.4. The van der Waals surface area contributed by atoms with E-state index in [1.165, 1.54) is 64.2 Å². The fourth-order valence-corrected chi connectivity index (χ4v) is 2.05. The van der Waals surface area contributed by atoms with Crippen LogP contribution in [0.1, 0.15) is 84.0 Å². The van der Waals surface area contributed by atoms with E-state index in [1.54, 1.807) is 0 Å². The standard InChI is InChI=1S/C16H29O/c1-3-4-5-6-7-8-9-10-11-12-13-14-16(2)15-17/h2-14H2,1H3. The van der Waals surface area contributed by atoms with Gasteiger partial charge in [-0.3, -0.25) is 4.79 Å². The van der Waals surface area contributed by atoms with Crippen molar-refractivity contribution in [3.8, 4) is 0 Å². The molecule has 1 heteroatoms. The summed E-state index contributed by atoms with van der Waals surface area (Å²) < 4.78 is 0. The first-order valence-electron chi connectivity index (χ1n) is 7.37. The average molecular weight is 237 g/mol. The lowest BCUT2D eigenvalue weighted by Crippen LogP contribution is -1.85. The van der Waals surface area contributed by atoms with Crippen LogP contribution in [0.3, 0.4) is 0 Å². The van der Waals surface area contributed by atoms with Crippen LogP contribution < -0.4 is 0 Å². The van der Waals surface area contributed by atoms with Gasteiger partial charge in [0.2, 0.25) is 6.29 Å². The van der Waals surface area contributed by atoms with E-state index in [0.29, 0.717) is 5.57 Å². The molecule has 0 bridgehead atoms. The minimum absolute atomic E-state index is 0.626. The van der Waals surface area contributed by atoms with Crippen LogP contribution in [0, 0.1) is 0 Å². The van der Waals surface area contributed by atoms with E-state index < -0.39 is 0 Å². The molecule has 0 aliphatic heterocycles. The minimum atomic E-state index is 0.626. The maximum atomic E-state index is 10.2. The van der Waals surface area contributed by atoms with Crippen LogP contribution in [0.25, 0.3) is 0 Å². The molecule has 0 atom stereocenters. The number of hydrogen-bond acceptors (Lipinski definition) is 1. The third-order valence-corrected chi connectivity index (χ3v) is 3.23. The van der Waals surface area contributed by atoms with Crippen molar-refractivity contribution >= 4 is 6.29 Å². The molecule has 0 amide bonds. The second-order valence-corrected chi connectivity index (χ2v) is 4.99. The Labute approximate surface area is 108 Å². The third-order valence-electron chi connectivity index (χ3n) is 3.23. The lowest BCUT2D eigenvalue weighted by Gasteiger charge is -2.02. The van der Waals surface area contributed by atoms with E-state index in [4.69, 9.17) is 0 Å². The summed E-state index contributed by atoms with van der Waals surface area (Å²) in [5.41, 5.74) is 0.626. The largest absolute Gasteiger partial charge is 0.285 e. The molecule has 0 N–H and O–H groups in total. The van der Waals surface area contributed by atoms with Gasteiger partial charge in [0.05, 0.1) is 0 Å². The zero-order valence-corrected chi connectivity index (χ0v) is 11.6. The van der Waals surface area contributed by atoms with Gasteiger partial charge >= 0.3 is 0 Å². The third kappa shape index (κ3) is 13.3. The highest BCUT2D eigenvalue weighted by Crippen LogP contribution is 2.12. The summed E-state index contributed by atoms with van der Waals surface area (Å²) in [4.78, 5) is 10.2. The van der Waals surface area contributed by atoms with Gasteiger partial charge in [-0.15, -0.1) is 0 Å². The maximum Gasteiger partial charge on any atom is 0.228 e. The number of unbranched alkanes of at least 4 members (excludes halogenated alkanes) is 10. The smallest absolute Gasteiger partial charge is 0.228 e. The average Bonchev–Trinajstić information content (AvgIpc) is 2.35. The SMILES string of the molecule is C=C([C]=O)CCCCCCCCCCCCC. The van der Waals surface area contributed by atoms with Gasteiger partial charge in [0.1, 0.15) is 0 Å². The Hall–Kier alpha value is -0.590. The molecule has 0 saturated heterocycles. The second kappa shape index (κ2) is 13.5. The lowest BCUT2D eigenvalue weighted by molar-refractivity contribution is 0.546. The summed E-state index contributed by atoms with van der Waals surface area (Å²) in [6, 6.07) is 0. The van der Waals surface area contributed by atoms with Gasteiger partial charge in [0.25, 0.3) is 0 Å². The number of carbonyl (C=O) groups excluding carboxylic acids is 1. The van der Waals surface area contributed by atoms with Gasteiger partial charge in [-0.1, -0.05) is 77.7 Å². The highest BCUT2D eigenvalue weighted by molar-refractivity contribution is 5.72. The monoisotopic (exact) mass is 237 g/mol. The van der Waals surface area contributed by atoms with Crippen LogP contribution >= 0.6 is 0 Å².